The third-order valence-electron chi connectivity index (χ3n) is 2.81. The number of carbonyl (C=O) groups is 1. The number of H-pyrrole nitrogens is 1. The van der Waals surface area contributed by atoms with Gasteiger partial charge in [0.1, 0.15) is 5.69 Å². The molecule has 0 aliphatic carbocycles. The van der Waals surface area contributed by atoms with Crippen molar-refractivity contribution in [3.8, 4) is 0 Å². The van der Waals surface area contributed by atoms with Gasteiger partial charge < -0.3 is 10.4 Å². The molecular formula is C13H23N3O2. The van der Waals surface area contributed by atoms with Crippen LogP contribution >= 0.6 is 0 Å². The first-order valence-corrected chi connectivity index (χ1v) is 6.40. The normalized spacial score (nSPS) is 13.1. The van der Waals surface area contributed by atoms with Gasteiger partial charge in [0.05, 0.1) is 12.6 Å². The van der Waals surface area contributed by atoms with E-state index in [1.807, 2.05) is 13.8 Å². The van der Waals surface area contributed by atoms with Gasteiger partial charge in [0.15, 0.2) is 0 Å². The lowest BCUT2D eigenvalue weighted by Crippen LogP contribution is -2.41. The Labute approximate surface area is 108 Å². The van der Waals surface area contributed by atoms with Crippen molar-refractivity contribution in [2.45, 2.75) is 40.2 Å². The lowest BCUT2D eigenvalue weighted by atomic mass is 10.1. The van der Waals surface area contributed by atoms with Crippen LogP contribution in [0.15, 0.2) is 6.07 Å². The van der Waals surface area contributed by atoms with Crippen LogP contribution in [0, 0.1) is 11.8 Å². The highest BCUT2D eigenvalue weighted by Gasteiger charge is 2.18. The number of rotatable bonds is 6. The highest BCUT2D eigenvalue weighted by Crippen LogP contribution is 2.08. The molecule has 0 saturated carbocycles. The summed E-state index contributed by atoms with van der Waals surface area (Å²) in [6.07, 6.45) is 0.869. The van der Waals surface area contributed by atoms with Crippen molar-refractivity contribution in [3.05, 3.63) is 17.5 Å². The Morgan fingerprint density at radius 1 is 1.44 bits per heavy atom. The Bertz CT molecular complexity index is 385. The number of amides is 1. The molecule has 5 heteroatoms. The van der Waals surface area contributed by atoms with Crippen LogP contribution < -0.4 is 5.32 Å². The Hall–Kier alpha value is -1.36. The maximum Gasteiger partial charge on any atom is 0.272 e. The molecule has 0 unspecified atom stereocenters. The van der Waals surface area contributed by atoms with E-state index >= 15 is 0 Å². The van der Waals surface area contributed by atoms with Gasteiger partial charge in [-0.25, -0.2) is 0 Å². The van der Waals surface area contributed by atoms with Crippen molar-refractivity contribution in [1.29, 1.82) is 0 Å². The van der Waals surface area contributed by atoms with E-state index in [9.17, 15) is 9.90 Å². The fourth-order valence-corrected chi connectivity index (χ4v) is 1.69. The fraction of sp³-hybridized carbons (Fsp3) is 0.692. The van der Waals surface area contributed by atoms with E-state index in [2.05, 4.69) is 29.4 Å². The molecule has 1 amide bonds. The Morgan fingerprint density at radius 3 is 2.61 bits per heavy atom. The summed E-state index contributed by atoms with van der Waals surface area (Å²) in [7, 11) is 0. The molecule has 0 aliphatic heterocycles. The zero-order valence-corrected chi connectivity index (χ0v) is 11.5. The Kier molecular flexibility index (Phi) is 5.34. The van der Waals surface area contributed by atoms with E-state index in [1.165, 1.54) is 0 Å². The second kappa shape index (κ2) is 6.54. The molecule has 0 saturated heterocycles. The lowest BCUT2D eigenvalue weighted by Gasteiger charge is -2.18. The average molecular weight is 253 g/mol. The zero-order valence-electron chi connectivity index (χ0n) is 11.5. The van der Waals surface area contributed by atoms with Crippen molar-refractivity contribution >= 4 is 5.91 Å². The van der Waals surface area contributed by atoms with E-state index < -0.39 is 0 Å². The average Bonchev–Trinajstić information content (AvgIpc) is 2.72. The summed E-state index contributed by atoms with van der Waals surface area (Å²) in [5.74, 6) is 0.462. The summed E-state index contributed by atoms with van der Waals surface area (Å²) < 4.78 is 0. The highest BCUT2D eigenvalue weighted by atomic mass is 16.3. The van der Waals surface area contributed by atoms with Gasteiger partial charge in [0.25, 0.3) is 5.91 Å². The maximum absolute atomic E-state index is 11.9. The molecule has 5 nitrogen and oxygen atoms in total. The number of aliphatic hydroxyl groups excluding tert-OH is 1. The van der Waals surface area contributed by atoms with Crippen molar-refractivity contribution < 1.29 is 9.90 Å². The Morgan fingerprint density at radius 2 is 2.11 bits per heavy atom. The number of nitrogens with zero attached hydrogens (tertiary/aromatic N) is 1. The number of carbonyl (C=O) groups excluding carboxylic acids is 1. The Balaban J connectivity index is 2.64. The minimum atomic E-state index is -0.242. The summed E-state index contributed by atoms with van der Waals surface area (Å²) in [6, 6.07) is 1.53. The van der Waals surface area contributed by atoms with Crippen molar-refractivity contribution in [2.75, 3.05) is 6.61 Å². The molecule has 0 aromatic carbocycles. The number of aromatic nitrogens is 2. The summed E-state index contributed by atoms with van der Waals surface area (Å²) in [4.78, 5) is 11.9. The molecule has 102 valence electrons. The van der Waals surface area contributed by atoms with Gasteiger partial charge in [0.2, 0.25) is 0 Å². The van der Waals surface area contributed by atoms with E-state index in [1.54, 1.807) is 6.07 Å². The van der Waals surface area contributed by atoms with Crippen LogP contribution in [0.1, 0.15) is 43.9 Å². The molecule has 0 aliphatic rings. The SMILES string of the molecule is CC(C)Cc1cc(C(=O)N[C@@H](CO)C(C)C)n[nH]1. The molecule has 1 aromatic rings. The standard InChI is InChI=1S/C13H23N3O2/c1-8(2)5-10-6-11(16-15-10)13(18)14-12(7-17)9(3)4/h6,8-9,12,17H,5,7H2,1-4H3,(H,14,18)(H,15,16)/t12-/m0/s1. The molecule has 0 bridgehead atoms. The second-order valence-electron chi connectivity index (χ2n) is 5.38. The first-order valence-electron chi connectivity index (χ1n) is 6.40. The van der Waals surface area contributed by atoms with E-state index in [-0.39, 0.29) is 24.5 Å². The number of aliphatic hydroxyl groups is 1. The van der Waals surface area contributed by atoms with Gasteiger partial charge in [-0.05, 0) is 24.3 Å². The number of nitrogens with one attached hydrogen (secondary N) is 2. The van der Waals surface area contributed by atoms with Gasteiger partial charge in [-0.2, -0.15) is 5.10 Å². The summed E-state index contributed by atoms with van der Waals surface area (Å²) in [5.41, 5.74) is 1.34. The van der Waals surface area contributed by atoms with Crippen molar-refractivity contribution in [1.82, 2.24) is 15.5 Å². The quantitative estimate of drug-likeness (QED) is 0.716. The predicted octanol–water partition coefficient (Wildman–Crippen LogP) is 1.35. The van der Waals surface area contributed by atoms with Gasteiger partial charge in [-0.15, -0.1) is 0 Å². The minimum absolute atomic E-state index is 0.0628. The molecular weight excluding hydrogens is 230 g/mol. The van der Waals surface area contributed by atoms with Crippen LogP contribution in [0.5, 0.6) is 0 Å². The van der Waals surface area contributed by atoms with Crippen molar-refractivity contribution in [3.63, 3.8) is 0 Å². The number of aromatic amines is 1. The molecule has 0 radical (unpaired) electrons. The molecule has 3 N–H and O–H groups in total. The number of hydrogen-bond donors (Lipinski definition) is 3. The van der Waals surface area contributed by atoms with Gasteiger partial charge in [0, 0.05) is 5.69 Å². The third kappa shape index (κ3) is 4.14. The van der Waals surface area contributed by atoms with Crippen molar-refractivity contribution in [2.24, 2.45) is 11.8 Å². The molecule has 0 spiro atoms. The minimum Gasteiger partial charge on any atom is -0.394 e. The fourth-order valence-electron chi connectivity index (χ4n) is 1.69. The van der Waals surface area contributed by atoms with E-state index in [0.717, 1.165) is 12.1 Å². The van der Waals surface area contributed by atoms with Gasteiger partial charge >= 0.3 is 0 Å². The molecule has 1 heterocycles. The first-order chi connectivity index (χ1) is 8.43. The molecule has 1 aromatic heterocycles. The maximum atomic E-state index is 11.9. The van der Waals surface area contributed by atoms with Crippen LogP contribution in [0.3, 0.4) is 0 Å². The largest absolute Gasteiger partial charge is 0.394 e. The predicted molar refractivity (Wildman–Crippen MR) is 70.3 cm³/mol. The second-order valence-corrected chi connectivity index (χ2v) is 5.38. The third-order valence-corrected chi connectivity index (χ3v) is 2.81. The van der Waals surface area contributed by atoms with Gasteiger partial charge in [-0.3, -0.25) is 9.89 Å². The summed E-state index contributed by atoms with van der Waals surface area (Å²) >= 11 is 0. The first kappa shape index (κ1) is 14.7. The highest BCUT2D eigenvalue weighted by molar-refractivity contribution is 5.92. The zero-order chi connectivity index (χ0) is 13.7. The van der Waals surface area contributed by atoms with Gasteiger partial charge in [-0.1, -0.05) is 27.7 Å². The summed E-state index contributed by atoms with van der Waals surface area (Å²) in [6.45, 7) is 8.07. The monoisotopic (exact) mass is 253 g/mol. The van der Waals surface area contributed by atoms with Crippen LogP contribution in [0.25, 0.3) is 0 Å². The smallest absolute Gasteiger partial charge is 0.272 e. The van der Waals surface area contributed by atoms with Crippen LogP contribution in [-0.4, -0.2) is 33.9 Å². The summed E-state index contributed by atoms with van der Waals surface area (Å²) in [5, 5.41) is 18.8. The topological polar surface area (TPSA) is 78.0 Å². The lowest BCUT2D eigenvalue weighted by molar-refractivity contribution is 0.0891. The van der Waals surface area contributed by atoms with Crippen LogP contribution in [-0.2, 0) is 6.42 Å². The van der Waals surface area contributed by atoms with Crippen LogP contribution in [0.4, 0.5) is 0 Å². The molecule has 1 rings (SSSR count). The van der Waals surface area contributed by atoms with Crippen LogP contribution in [0.2, 0.25) is 0 Å². The molecule has 0 fully saturated rings. The van der Waals surface area contributed by atoms with E-state index in [0.29, 0.717) is 11.6 Å². The number of hydrogen-bond acceptors (Lipinski definition) is 3. The molecule has 1 atom stereocenters. The van der Waals surface area contributed by atoms with E-state index in [4.69, 9.17) is 0 Å². The molecule has 18 heavy (non-hydrogen) atoms.